The van der Waals surface area contributed by atoms with Gasteiger partial charge in [-0.1, -0.05) is 0 Å². The summed E-state index contributed by atoms with van der Waals surface area (Å²) in [7, 11) is 0. The summed E-state index contributed by atoms with van der Waals surface area (Å²) in [4.78, 5) is 0. The molecule has 0 aliphatic rings. The first-order chi connectivity index (χ1) is 0. The van der Waals surface area contributed by atoms with Gasteiger partial charge in [-0.3, -0.25) is 0 Å². The Morgan fingerprint density at radius 1 is 0.500 bits per heavy atom. The summed E-state index contributed by atoms with van der Waals surface area (Å²) in [6, 6.07) is 0. The summed E-state index contributed by atoms with van der Waals surface area (Å²) in [6.07, 6.45) is 0. The van der Waals surface area contributed by atoms with Crippen molar-refractivity contribution in [1.82, 2.24) is 0 Å². The van der Waals surface area contributed by atoms with Crippen LogP contribution in [0.15, 0.2) is 0 Å². The molecule has 0 amide bonds. The molecule has 0 saturated carbocycles. The van der Waals surface area contributed by atoms with Crippen molar-refractivity contribution in [2.45, 2.75) is 0 Å². The van der Waals surface area contributed by atoms with E-state index in [0.29, 0.717) is 0 Å². The number of hydrogen-bond acceptors (Lipinski definition) is 0. The Labute approximate surface area is 88.1 Å². The Kier molecular flexibility index (Phi) is 124. The second-order valence-corrected chi connectivity index (χ2v) is 0. The molecule has 0 aliphatic heterocycles. The summed E-state index contributed by atoms with van der Waals surface area (Å²) < 4.78 is 0. The van der Waals surface area contributed by atoms with Gasteiger partial charge in [0, 0.05) is 89.9 Å². The third-order valence-electron chi connectivity index (χ3n) is 0. The predicted octanol–water partition coefficient (Wildman–Crippen LogP) is -0.00750. The zero-order valence-electron chi connectivity index (χ0n) is 1.36. The number of rotatable bonds is 0. The quantitative estimate of drug-likeness (QED) is 0.550. The second kappa shape index (κ2) is 17.0. The van der Waals surface area contributed by atoms with Gasteiger partial charge in [0.2, 0.25) is 0 Å². The molecule has 0 saturated heterocycles. The van der Waals surface area contributed by atoms with Gasteiger partial charge in [0.1, 0.15) is 0 Å². The molecular weight excluding hydrogens is 326 g/mol. The third-order valence-corrected chi connectivity index (χ3v) is 0. The molecule has 0 aromatic heterocycles. The van der Waals surface area contributed by atoms with Crippen LogP contribution in [0.25, 0.3) is 0 Å². The molecule has 0 aliphatic carbocycles. The fraction of sp³-hybridized carbons (Fsp3) is 0. The van der Waals surface area contributed by atoms with E-state index in [4.69, 9.17) is 0 Å². The van der Waals surface area contributed by atoms with Gasteiger partial charge in [-0.05, 0) is 0 Å². The fourth-order valence-electron chi connectivity index (χ4n) is 0. The Hall–Kier alpha value is 2.82. The van der Waals surface area contributed by atoms with Crippen molar-refractivity contribution in [2.24, 2.45) is 0 Å². The second-order valence-electron chi connectivity index (χ2n) is 0. The molecule has 0 unspecified atom stereocenters. The Balaban J connectivity index is 0. The van der Waals surface area contributed by atoms with Crippen molar-refractivity contribution < 1.29 is 89.9 Å². The summed E-state index contributed by atoms with van der Waals surface area (Å²) in [5.74, 6) is 0. The molecule has 0 heterocycles. The Bertz CT molecular complexity index is 3.25. The van der Waals surface area contributed by atoms with Crippen LogP contribution in [0, 0.1) is 40.4 Å². The summed E-state index contributed by atoms with van der Waals surface area (Å²) in [5, 5.41) is 0. The van der Waals surface area contributed by atoms with E-state index in [2.05, 4.69) is 0 Å². The van der Waals surface area contributed by atoms with Gasteiger partial charge in [0.25, 0.3) is 0 Å². The minimum atomic E-state index is 0. The average Bonchev–Trinajstić information content (AvgIpc) is 0. The first kappa shape index (κ1) is 29.1. The van der Waals surface area contributed by atoms with E-state index in [0.717, 1.165) is 0 Å². The normalized spacial score (nSPS) is 0. The van der Waals surface area contributed by atoms with Crippen LogP contribution in [0.1, 0.15) is 0 Å². The standard InChI is InChI=1S/3Ni.Sm. The third kappa shape index (κ3) is 8.84. The van der Waals surface area contributed by atoms with Crippen molar-refractivity contribution in [1.29, 1.82) is 0 Å². The molecule has 0 radical (unpaired) electrons. The first-order valence-corrected chi connectivity index (χ1v) is 0. The minimum Gasteiger partial charge on any atom is 0 e. The molecular formula is Ni3Sm. The van der Waals surface area contributed by atoms with Gasteiger partial charge in [-0.2, -0.15) is 0 Å². The van der Waals surface area contributed by atoms with E-state index in [9.17, 15) is 0 Å². The Morgan fingerprint density at radius 2 is 0.500 bits per heavy atom. The van der Waals surface area contributed by atoms with E-state index < -0.39 is 0 Å². The van der Waals surface area contributed by atoms with Crippen LogP contribution in [-0.4, -0.2) is 0 Å². The Morgan fingerprint density at radius 3 is 0.500 bits per heavy atom. The van der Waals surface area contributed by atoms with Crippen LogP contribution in [0.5, 0.6) is 0 Å². The van der Waals surface area contributed by atoms with E-state index in [-0.39, 0.29) is 89.9 Å². The van der Waals surface area contributed by atoms with Gasteiger partial charge < -0.3 is 0 Å². The molecule has 0 bridgehead atoms. The number of hydrogen-bond donors (Lipinski definition) is 0. The summed E-state index contributed by atoms with van der Waals surface area (Å²) >= 11 is 0. The summed E-state index contributed by atoms with van der Waals surface area (Å²) in [6.45, 7) is 0. The van der Waals surface area contributed by atoms with Crippen LogP contribution in [0.3, 0.4) is 0 Å². The maximum absolute atomic E-state index is 0. The van der Waals surface area contributed by atoms with Crippen LogP contribution in [0.2, 0.25) is 0 Å². The topological polar surface area (TPSA) is 0 Å². The first-order valence-electron chi connectivity index (χ1n) is 0. The van der Waals surface area contributed by atoms with Crippen LogP contribution in [-0.2, 0) is 49.5 Å². The molecule has 0 rings (SSSR count). The molecule has 0 nitrogen and oxygen atoms in total. The zero-order valence-corrected chi connectivity index (χ0v) is 6.94. The average molecular weight is 326 g/mol. The monoisotopic (exact) mass is 326 g/mol. The molecule has 4 heteroatoms. The van der Waals surface area contributed by atoms with Crippen LogP contribution < -0.4 is 0 Å². The van der Waals surface area contributed by atoms with E-state index in [1.165, 1.54) is 0 Å². The van der Waals surface area contributed by atoms with Crippen molar-refractivity contribution in [3.63, 3.8) is 0 Å². The summed E-state index contributed by atoms with van der Waals surface area (Å²) in [5.41, 5.74) is 0. The van der Waals surface area contributed by atoms with Gasteiger partial charge in [-0.25, -0.2) is 0 Å². The van der Waals surface area contributed by atoms with E-state index >= 15 is 0 Å². The van der Waals surface area contributed by atoms with E-state index in [1.807, 2.05) is 0 Å². The predicted molar refractivity (Wildman–Crippen MR) is 0 cm³/mol. The largest absolute Gasteiger partial charge is 0 e. The fourth-order valence-corrected chi connectivity index (χ4v) is 0. The molecule has 0 spiro atoms. The van der Waals surface area contributed by atoms with Gasteiger partial charge in [-0.15, -0.1) is 0 Å². The minimum absolute atomic E-state index is 0. The van der Waals surface area contributed by atoms with Gasteiger partial charge >= 0.3 is 0 Å². The molecule has 0 aromatic carbocycles. The smallest absolute Gasteiger partial charge is 0 e. The SMILES string of the molecule is [Ni].[Ni].[Ni].[Sm]. The van der Waals surface area contributed by atoms with E-state index in [1.54, 1.807) is 0 Å². The molecule has 36 valence electrons. The van der Waals surface area contributed by atoms with Crippen LogP contribution >= 0.6 is 0 Å². The van der Waals surface area contributed by atoms with Crippen molar-refractivity contribution in [3.05, 3.63) is 0 Å². The maximum Gasteiger partial charge on any atom is 0 e. The van der Waals surface area contributed by atoms with Crippen molar-refractivity contribution in [3.8, 4) is 0 Å². The molecule has 0 atom stereocenters. The van der Waals surface area contributed by atoms with Crippen molar-refractivity contribution >= 4 is 0 Å². The molecule has 0 fully saturated rings. The van der Waals surface area contributed by atoms with Crippen LogP contribution in [0.4, 0.5) is 0 Å². The van der Waals surface area contributed by atoms with Gasteiger partial charge in [0.15, 0.2) is 0 Å². The molecule has 0 aromatic rings. The molecule has 4 heavy (non-hydrogen) atoms. The maximum atomic E-state index is 0. The van der Waals surface area contributed by atoms with Gasteiger partial charge in [0.05, 0.1) is 0 Å². The molecule has 0 N–H and O–H groups in total. The van der Waals surface area contributed by atoms with Crippen molar-refractivity contribution in [2.75, 3.05) is 0 Å². The zero-order chi connectivity index (χ0) is 0.